The highest BCUT2D eigenvalue weighted by Crippen LogP contribution is 2.31. The predicted molar refractivity (Wildman–Crippen MR) is 137 cm³/mol. The van der Waals surface area contributed by atoms with Crippen LogP contribution in [0.1, 0.15) is 43.6 Å². The van der Waals surface area contributed by atoms with Crippen molar-refractivity contribution in [2.45, 2.75) is 40.3 Å². The van der Waals surface area contributed by atoms with Crippen molar-refractivity contribution in [3.05, 3.63) is 58.6 Å². The average Bonchev–Trinajstić information content (AvgIpc) is 3.00. The van der Waals surface area contributed by atoms with Gasteiger partial charge in [0.25, 0.3) is 5.91 Å². The zero-order valence-electron chi connectivity index (χ0n) is 20.7. The second kappa shape index (κ2) is 11.9. The van der Waals surface area contributed by atoms with Crippen molar-refractivity contribution in [2.24, 2.45) is 0 Å². The van der Waals surface area contributed by atoms with E-state index in [4.69, 9.17) is 16.3 Å². The minimum Gasteiger partial charge on any atom is -0.494 e. The first-order valence-corrected chi connectivity index (χ1v) is 12.3. The first kappa shape index (κ1) is 26.3. The lowest BCUT2D eigenvalue weighted by Gasteiger charge is -2.30. The number of benzene rings is 2. The van der Waals surface area contributed by atoms with Gasteiger partial charge in [0.15, 0.2) is 0 Å². The maximum absolute atomic E-state index is 13.6. The second-order valence-electron chi connectivity index (χ2n) is 8.32. The quantitative estimate of drug-likeness (QED) is 0.618. The summed E-state index contributed by atoms with van der Waals surface area (Å²) in [6.07, 6.45) is 0. The van der Waals surface area contributed by atoms with Crippen LogP contribution in [0.15, 0.2) is 42.5 Å². The summed E-state index contributed by atoms with van der Waals surface area (Å²) < 4.78 is 5.48. The van der Waals surface area contributed by atoms with Gasteiger partial charge in [-0.15, -0.1) is 0 Å². The number of hydrogen-bond donors (Lipinski definition) is 1. The molecule has 0 bridgehead atoms. The SMILES string of the molecule is CCOc1ccc(C(=O)N2C[C@@H](C)N(C(=O)NCC(=O)N(CC)CC)Cc3ccccc32)c(Cl)c1. The summed E-state index contributed by atoms with van der Waals surface area (Å²) in [5, 5.41) is 3.06. The van der Waals surface area contributed by atoms with Gasteiger partial charge in [-0.05, 0) is 57.5 Å². The molecule has 3 rings (SSSR count). The molecule has 0 aliphatic carbocycles. The molecule has 8 nitrogen and oxygen atoms in total. The van der Waals surface area contributed by atoms with Crippen LogP contribution in [0, 0.1) is 0 Å². The zero-order valence-corrected chi connectivity index (χ0v) is 21.5. The molecule has 1 atom stereocenters. The molecule has 0 unspecified atom stereocenters. The molecule has 0 saturated carbocycles. The van der Waals surface area contributed by atoms with E-state index < -0.39 is 0 Å². The van der Waals surface area contributed by atoms with Gasteiger partial charge in [0.05, 0.1) is 23.7 Å². The first-order chi connectivity index (χ1) is 16.8. The first-order valence-electron chi connectivity index (χ1n) is 11.9. The Labute approximate surface area is 211 Å². The molecule has 188 valence electrons. The fraction of sp³-hybridized carbons (Fsp3) is 0.423. The fourth-order valence-corrected chi connectivity index (χ4v) is 4.44. The van der Waals surface area contributed by atoms with Gasteiger partial charge in [-0.3, -0.25) is 9.59 Å². The van der Waals surface area contributed by atoms with Crippen LogP contribution >= 0.6 is 11.6 Å². The molecule has 1 heterocycles. The molecule has 1 aliphatic heterocycles. The summed E-state index contributed by atoms with van der Waals surface area (Å²) in [6, 6.07) is 11.9. The predicted octanol–water partition coefficient (Wildman–Crippen LogP) is 4.17. The molecule has 0 fully saturated rings. The van der Waals surface area contributed by atoms with E-state index >= 15 is 0 Å². The van der Waals surface area contributed by atoms with E-state index in [1.165, 1.54) is 0 Å². The van der Waals surface area contributed by atoms with Crippen molar-refractivity contribution in [3.8, 4) is 5.75 Å². The van der Waals surface area contributed by atoms with Crippen molar-refractivity contribution in [2.75, 3.05) is 37.7 Å². The zero-order chi connectivity index (χ0) is 25.5. The van der Waals surface area contributed by atoms with Gasteiger partial charge >= 0.3 is 6.03 Å². The molecule has 4 amide bonds. The molecule has 35 heavy (non-hydrogen) atoms. The van der Waals surface area contributed by atoms with Crippen molar-refractivity contribution in [1.82, 2.24) is 15.1 Å². The maximum atomic E-state index is 13.6. The molecule has 0 spiro atoms. The lowest BCUT2D eigenvalue weighted by atomic mass is 10.1. The number of rotatable bonds is 7. The van der Waals surface area contributed by atoms with Crippen LogP contribution in [0.25, 0.3) is 0 Å². The number of fused-ring (bicyclic) bond motifs is 1. The Morgan fingerprint density at radius 2 is 1.83 bits per heavy atom. The minimum absolute atomic E-state index is 0.0736. The average molecular weight is 501 g/mol. The number of urea groups is 1. The molecule has 1 aliphatic rings. The second-order valence-corrected chi connectivity index (χ2v) is 8.73. The third-order valence-electron chi connectivity index (χ3n) is 6.10. The summed E-state index contributed by atoms with van der Waals surface area (Å²) in [7, 11) is 0. The van der Waals surface area contributed by atoms with Gasteiger partial charge in [0.1, 0.15) is 5.75 Å². The van der Waals surface area contributed by atoms with Crippen molar-refractivity contribution in [1.29, 1.82) is 0 Å². The highest BCUT2D eigenvalue weighted by molar-refractivity contribution is 6.34. The van der Waals surface area contributed by atoms with Crippen LogP contribution in [-0.4, -0.2) is 66.5 Å². The van der Waals surface area contributed by atoms with Crippen LogP contribution in [0.2, 0.25) is 5.02 Å². The highest BCUT2D eigenvalue weighted by Gasteiger charge is 2.32. The standard InChI is InChI=1S/C26H33ClN4O4/c1-5-29(6-2)24(32)15-28-26(34)30-17-19-10-8-9-11-23(19)31(16-18(30)4)25(33)21-13-12-20(35-7-3)14-22(21)27/h8-14,18H,5-7,15-17H2,1-4H3,(H,28,34)/t18-/m1/s1. The van der Waals surface area contributed by atoms with E-state index in [-0.39, 0.29) is 37.0 Å². The van der Waals surface area contributed by atoms with Crippen molar-refractivity contribution < 1.29 is 19.1 Å². The van der Waals surface area contributed by atoms with Gasteiger partial charge in [-0.25, -0.2) is 4.79 Å². The lowest BCUT2D eigenvalue weighted by Crippen LogP contribution is -2.50. The van der Waals surface area contributed by atoms with Crippen molar-refractivity contribution in [3.63, 3.8) is 0 Å². The number of nitrogens with zero attached hydrogens (tertiary/aromatic N) is 3. The van der Waals surface area contributed by atoms with Gasteiger partial charge in [-0.2, -0.15) is 0 Å². The molecule has 0 saturated heterocycles. The van der Waals surface area contributed by atoms with Crippen molar-refractivity contribution >= 4 is 35.1 Å². The van der Waals surface area contributed by atoms with Crippen LogP contribution in [0.5, 0.6) is 5.75 Å². The van der Waals surface area contributed by atoms with Crippen LogP contribution in [-0.2, 0) is 11.3 Å². The maximum Gasteiger partial charge on any atom is 0.318 e. The fourth-order valence-electron chi connectivity index (χ4n) is 4.18. The summed E-state index contributed by atoms with van der Waals surface area (Å²) in [5.41, 5.74) is 1.92. The smallest absolute Gasteiger partial charge is 0.318 e. The Morgan fingerprint density at radius 3 is 2.49 bits per heavy atom. The number of nitrogens with one attached hydrogen (secondary N) is 1. The summed E-state index contributed by atoms with van der Waals surface area (Å²) in [5.74, 6) is 0.213. The number of ether oxygens (including phenoxy) is 1. The van der Waals surface area contributed by atoms with Crippen LogP contribution in [0.3, 0.4) is 0 Å². The molecular weight excluding hydrogens is 468 g/mol. The van der Waals surface area contributed by atoms with E-state index in [9.17, 15) is 14.4 Å². The Bertz CT molecular complexity index is 1070. The number of amides is 4. The lowest BCUT2D eigenvalue weighted by molar-refractivity contribution is -0.129. The minimum atomic E-state index is -0.346. The van der Waals surface area contributed by atoms with E-state index in [1.807, 2.05) is 52.0 Å². The number of para-hydroxylation sites is 1. The number of hydrogen-bond acceptors (Lipinski definition) is 4. The monoisotopic (exact) mass is 500 g/mol. The Morgan fingerprint density at radius 1 is 1.11 bits per heavy atom. The molecule has 0 radical (unpaired) electrons. The highest BCUT2D eigenvalue weighted by atomic mass is 35.5. The molecule has 1 N–H and O–H groups in total. The van der Waals surface area contributed by atoms with Gasteiger partial charge in [0, 0.05) is 37.9 Å². The summed E-state index contributed by atoms with van der Waals surface area (Å²) in [6.45, 7) is 9.75. The topological polar surface area (TPSA) is 82.2 Å². The van der Waals surface area contributed by atoms with Crippen LogP contribution in [0.4, 0.5) is 10.5 Å². The van der Waals surface area contributed by atoms with E-state index in [0.29, 0.717) is 42.6 Å². The summed E-state index contributed by atoms with van der Waals surface area (Å²) in [4.78, 5) is 44.0. The Hall–Kier alpha value is -3.26. The van der Waals surface area contributed by atoms with E-state index in [2.05, 4.69) is 5.32 Å². The van der Waals surface area contributed by atoms with Gasteiger partial charge < -0.3 is 24.8 Å². The molecular formula is C26H33ClN4O4. The molecule has 2 aromatic carbocycles. The van der Waals surface area contributed by atoms with Gasteiger partial charge in [0.2, 0.25) is 5.91 Å². The molecule has 9 heteroatoms. The third kappa shape index (κ3) is 6.06. The van der Waals surface area contributed by atoms with Crippen LogP contribution < -0.4 is 15.0 Å². The number of halogens is 1. The number of carbonyl (C=O) groups excluding carboxylic acids is 3. The molecule has 2 aromatic rings. The van der Waals surface area contributed by atoms with Gasteiger partial charge in [-0.1, -0.05) is 29.8 Å². The number of likely N-dealkylation sites (N-methyl/N-ethyl adjacent to an activating group) is 1. The Balaban J connectivity index is 1.83. The molecule has 0 aromatic heterocycles. The summed E-state index contributed by atoms with van der Waals surface area (Å²) >= 11 is 6.44. The normalized spacial score (nSPS) is 15.2. The van der Waals surface area contributed by atoms with E-state index in [1.54, 1.807) is 32.9 Å². The number of carbonyl (C=O) groups is 3. The Kier molecular flexibility index (Phi) is 8.98. The largest absolute Gasteiger partial charge is 0.494 e. The van der Waals surface area contributed by atoms with E-state index in [0.717, 1.165) is 11.3 Å². The number of anilines is 1. The third-order valence-corrected chi connectivity index (χ3v) is 6.41.